The highest BCUT2D eigenvalue weighted by atomic mass is 16.4. The van der Waals surface area contributed by atoms with Crippen LogP contribution in [0.2, 0.25) is 0 Å². The number of nitrogens with one attached hydrogen (secondary N) is 1. The molecule has 2 N–H and O–H groups in total. The number of aromatic nitrogens is 1. The van der Waals surface area contributed by atoms with Gasteiger partial charge >= 0.3 is 5.97 Å². The van der Waals surface area contributed by atoms with E-state index in [2.05, 4.69) is 65.3 Å². The van der Waals surface area contributed by atoms with E-state index in [-0.39, 0.29) is 0 Å². The lowest BCUT2D eigenvalue weighted by Crippen LogP contribution is -2.30. The number of hydrogen-bond donors (Lipinski definition) is 2. The topological polar surface area (TPSA) is 56.3 Å². The van der Waals surface area contributed by atoms with E-state index < -0.39 is 5.97 Å². The minimum atomic E-state index is -0.887. The molecule has 1 aliphatic rings. The molecule has 5 rings (SSSR count). The number of aromatic carboxylic acids is 1. The highest BCUT2D eigenvalue weighted by Gasteiger charge is 2.20. The molecule has 0 radical (unpaired) electrons. The molecule has 33 heavy (non-hydrogen) atoms. The number of fused-ring (bicyclic) bond motifs is 2. The van der Waals surface area contributed by atoms with Gasteiger partial charge in [0.1, 0.15) is 5.69 Å². The van der Waals surface area contributed by atoms with Crippen molar-refractivity contribution in [2.75, 3.05) is 18.0 Å². The van der Waals surface area contributed by atoms with Gasteiger partial charge in [-0.15, -0.1) is 0 Å². The van der Waals surface area contributed by atoms with Crippen molar-refractivity contribution in [1.82, 2.24) is 4.98 Å². The van der Waals surface area contributed by atoms with Gasteiger partial charge in [-0.25, -0.2) is 4.79 Å². The number of H-pyrrole nitrogens is 1. The molecule has 0 atom stereocenters. The molecule has 1 aliphatic heterocycles. The summed E-state index contributed by atoms with van der Waals surface area (Å²) >= 11 is 0. The molecule has 0 spiro atoms. The zero-order chi connectivity index (χ0) is 22.8. The lowest BCUT2D eigenvalue weighted by atomic mass is 9.96. The van der Waals surface area contributed by atoms with Crippen LogP contribution in [0.4, 0.5) is 5.69 Å². The number of carboxylic acids is 1. The average molecular weight is 439 g/mol. The molecule has 168 valence electrons. The highest BCUT2D eigenvalue weighted by Crippen LogP contribution is 2.34. The van der Waals surface area contributed by atoms with Crippen LogP contribution in [-0.2, 0) is 12.8 Å². The Morgan fingerprint density at radius 2 is 1.76 bits per heavy atom. The van der Waals surface area contributed by atoms with Gasteiger partial charge in [0, 0.05) is 29.7 Å². The van der Waals surface area contributed by atoms with Crippen LogP contribution >= 0.6 is 0 Å². The SMILES string of the molecule is Cc1ccccc1-c1cccc2c(CCCCN3CCCc4ccccc43)c(C(=O)O)[nH]c12. The van der Waals surface area contributed by atoms with Gasteiger partial charge in [0.15, 0.2) is 0 Å². The maximum atomic E-state index is 12.1. The molecule has 0 fully saturated rings. The number of benzene rings is 3. The van der Waals surface area contributed by atoms with Crippen LogP contribution < -0.4 is 4.90 Å². The second-order valence-corrected chi connectivity index (χ2v) is 9.00. The van der Waals surface area contributed by atoms with Crippen LogP contribution in [0.5, 0.6) is 0 Å². The molecule has 4 aromatic rings. The third-order valence-corrected chi connectivity index (χ3v) is 6.90. The molecule has 1 aromatic heterocycles. The van der Waals surface area contributed by atoms with E-state index in [1.165, 1.54) is 23.2 Å². The Hall–Kier alpha value is -3.53. The summed E-state index contributed by atoms with van der Waals surface area (Å²) in [6, 6.07) is 23.1. The van der Waals surface area contributed by atoms with Gasteiger partial charge in [-0.2, -0.15) is 0 Å². The fourth-order valence-corrected chi connectivity index (χ4v) is 5.26. The van der Waals surface area contributed by atoms with Gasteiger partial charge < -0.3 is 15.0 Å². The van der Waals surface area contributed by atoms with E-state index in [9.17, 15) is 9.90 Å². The summed E-state index contributed by atoms with van der Waals surface area (Å²) in [4.78, 5) is 17.8. The predicted molar refractivity (Wildman–Crippen MR) is 135 cm³/mol. The van der Waals surface area contributed by atoms with Gasteiger partial charge in [-0.3, -0.25) is 0 Å². The number of rotatable bonds is 7. The minimum Gasteiger partial charge on any atom is -0.477 e. The Balaban J connectivity index is 1.37. The molecular weight excluding hydrogens is 408 g/mol. The largest absolute Gasteiger partial charge is 0.477 e. The Morgan fingerprint density at radius 3 is 2.61 bits per heavy atom. The third-order valence-electron chi connectivity index (χ3n) is 6.90. The lowest BCUT2D eigenvalue weighted by molar-refractivity contribution is 0.0690. The number of nitrogens with zero attached hydrogens (tertiary/aromatic N) is 1. The van der Waals surface area contributed by atoms with Crippen LogP contribution in [0.3, 0.4) is 0 Å². The number of anilines is 1. The second-order valence-electron chi connectivity index (χ2n) is 9.00. The fraction of sp³-hybridized carbons (Fsp3) is 0.276. The summed E-state index contributed by atoms with van der Waals surface area (Å²) in [5.74, 6) is -0.887. The Morgan fingerprint density at radius 1 is 0.970 bits per heavy atom. The first-order valence-electron chi connectivity index (χ1n) is 11.9. The summed E-state index contributed by atoms with van der Waals surface area (Å²) < 4.78 is 0. The molecule has 0 amide bonds. The second kappa shape index (κ2) is 9.14. The van der Waals surface area contributed by atoms with E-state index >= 15 is 0 Å². The van der Waals surface area contributed by atoms with Crippen molar-refractivity contribution >= 4 is 22.6 Å². The normalized spacial score (nSPS) is 13.3. The van der Waals surface area contributed by atoms with Gasteiger partial charge in [-0.05, 0) is 67.3 Å². The molecule has 0 saturated carbocycles. The minimum absolute atomic E-state index is 0.328. The van der Waals surface area contributed by atoms with E-state index in [1.54, 1.807) is 0 Å². The number of unbranched alkanes of at least 4 members (excludes halogenated alkanes) is 1. The third kappa shape index (κ3) is 4.13. The van der Waals surface area contributed by atoms with Crippen molar-refractivity contribution in [3.8, 4) is 11.1 Å². The number of carbonyl (C=O) groups is 1. The summed E-state index contributed by atoms with van der Waals surface area (Å²) in [5, 5.41) is 10.9. The maximum Gasteiger partial charge on any atom is 0.352 e. The molecule has 4 heteroatoms. The monoisotopic (exact) mass is 438 g/mol. The van der Waals surface area contributed by atoms with Gasteiger partial charge in [0.25, 0.3) is 0 Å². The van der Waals surface area contributed by atoms with E-state index in [4.69, 9.17) is 0 Å². The Kier molecular flexibility index (Phi) is 5.91. The Bertz CT molecular complexity index is 1300. The zero-order valence-electron chi connectivity index (χ0n) is 19.1. The molecule has 0 saturated heterocycles. The van der Waals surface area contributed by atoms with E-state index in [0.717, 1.165) is 66.4 Å². The highest BCUT2D eigenvalue weighted by molar-refractivity contribution is 6.03. The van der Waals surface area contributed by atoms with Crippen molar-refractivity contribution in [1.29, 1.82) is 0 Å². The van der Waals surface area contributed by atoms with Crippen molar-refractivity contribution in [3.63, 3.8) is 0 Å². The van der Waals surface area contributed by atoms with Crippen LogP contribution in [0.25, 0.3) is 22.0 Å². The number of carboxylic acid groups (broad SMARTS) is 1. The Labute approximate surface area is 194 Å². The average Bonchev–Trinajstić information content (AvgIpc) is 3.21. The molecule has 0 aliphatic carbocycles. The molecule has 4 nitrogen and oxygen atoms in total. The van der Waals surface area contributed by atoms with Gasteiger partial charge in [0.05, 0.1) is 5.52 Å². The van der Waals surface area contributed by atoms with Crippen molar-refractivity contribution in [2.45, 2.75) is 39.0 Å². The first-order valence-corrected chi connectivity index (χ1v) is 11.9. The van der Waals surface area contributed by atoms with Crippen LogP contribution in [0.15, 0.2) is 66.7 Å². The van der Waals surface area contributed by atoms with Gasteiger partial charge in [-0.1, -0.05) is 60.7 Å². The zero-order valence-corrected chi connectivity index (χ0v) is 19.1. The quantitative estimate of drug-likeness (QED) is 0.319. The van der Waals surface area contributed by atoms with Gasteiger partial charge in [0.2, 0.25) is 0 Å². The standard InChI is InChI=1S/C29H30N2O2/c1-20-10-2-4-13-22(20)23-15-8-16-24-25(28(29(32)33)30-27(23)24)14-6-7-18-31-19-9-12-21-11-3-5-17-26(21)31/h2-5,8,10-11,13,15-17,30H,6-7,9,12,14,18-19H2,1H3,(H,32,33). The van der Waals surface area contributed by atoms with E-state index in [0.29, 0.717) is 5.69 Å². The van der Waals surface area contributed by atoms with Crippen LogP contribution in [-0.4, -0.2) is 29.1 Å². The smallest absolute Gasteiger partial charge is 0.352 e. The van der Waals surface area contributed by atoms with E-state index in [1.807, 2.05) is 18.2 Å². The molecular formula is C29H30N2O2. The molecule has 0 unspecified atom stereocenters. The number of aryl methyl sites for hydroxylation is 3. The molecule has 2 heterocycles. The first kappa shape index (κ1) is 21.3. The van der Waals surface area contributed by atoms with Crippen molar-refractivity contribution < 1.29 is 9.90 Å². The molecule has 3 aromatic carbocycles. The lowest BCUT2D eigenvalue weighted by Gasteiger charge is -2.31. The summed E-state index contributed by atoms with van der Waals surface area (Å²) in [6.45, 7) is 4.20. The summed E-state index contributed by atoms with van der Waals surface area (Å²) in [5.41, 5.74) is 8.36. The summed E-state index contributed by atoms with van der Waals surface area (Å²) in [6.07, 6.45) is 5.11. The van der Waals surface area contributed by atoms with Crippen molar-refractivity contribution in [2.24, 2.45) is 0 Å². The fourth-order valence-electron chi connectivity index (χ4n) is 5.26. The van der Waals surface area contributed by atoms with Crippen molar-refractivity contribution in [3.05, 3.63) is 89.1 Å². The predicted octanol–water partition coefficient (Wildman–Crippen LogP) is 6.62. The van der Waals surface area contributed by atoms with Crippen LogP contribution in [0, 0.1) is 6.92 Å². The number of hydrogen-bond acceptors (Lipinski definition) is 2. The summed E-state index contributed by atoms with van der Waals surface area (Å²) in [7, 11) is 0. The van der Waals surface area contributed by atoms with Crippen LogP contribution in [0.1, 0.15) is 46.4 Å². The number of aromatic amines is 1. The number of para-hydroxylation sites is 2. The maximum absolute atomic E-state index is 12.1. The molecule has 0 bridgehead atoms. The first-order chi connectivity index (χ1) is 16.1.